The standard InChI is InChI=1S/C19H21NO2.ClH/c1-22-18(21)19(17-10-6-3-7-11-17)12-13-20(15-19)14-16-8-4-2-5-9-16;/h2-11H,12-15H2,1H3;1H. The highest BCUT2D eigenvalue weighted by molar-refractivity contribution is 5.85. The maximum atomic E-state index is 12.5. The molecule has 2 aromatic rings. The number of rotatable bonds is 4. The number of carbonyl (C=O) groups excluding carboxylic acids is 1. The van der Waals surface area contributed by atoms with Crippen LogP contribution in [0.15, 0.2) is 60.7 Å². The van der Waals surface area contributed by atoms with E-state index in [1.54, 1.807) is 0 Å². The van der Waals surface area contributed by atoms with Crippen LogP contribution in [0.25, 0.3) is 0 Å². The minimum atomic E-state index is -0.537. The average molecular weight is 332 g/mol. The summed E-state index contributed by atoms with van der Waals surface area (Å²) in [5.74, 6) is -0.130. The maximum absolute atomic E-state index is 12.5. The predicted octanol–water partition coefficient (Wildman–Crippen LogP) is 3.43. The predicted molar refractivity (Wildman–Crippen MR) is 93.7 cm³/mol. The van der Waals surface area contributed by atoms with Crippen LogP contribution in [0.4, 0.5) is 0 Å². The molecule has 3 rings (SSSR count). The van der Waals surface area contributed by atoms with Crippen molar-refractivity contribution in [1.29, 1.82) is 0 Å². The third-order valence-corrected chi connectivity index (χ3v) is 4.50. The Morgan fingerprint density at radius 1 is 1.09 bits per heavy atom. The Bertz CT molecular complexity index is 632. The molecule has 1 saturated heterocycles. The van der Waals surface area contributed by atoms with E-state index in [4.69, 9.17) is 4.74 Å². The van der Waals surface area contributed by atoms with Gasteiger partial charge in [0.25, 0.3) is 0 Å². The second kappa shape index (κ2) is 7.62. The fourth-order valence-corrected chi connectivity index (χ4v) is 3.34. The van der Waals surface area contributed by atoms with Crippen molar-refractivity contribution in [1.82, 2.24) is 4.90 Å². The van der Waals surface area contributed by atoms with Gasteiger partial charge in [0.1, 0.15) is 5.41 Å². The molecule has 0 amide bonds. The molecule has 0 radical (unpaired) electrons. The zero-order valence-electron chi connectivity index (χ0n) is 13.3. The van der Waals surface area contributed by atoms with Crippen molar-refractivity contribution in [2.45, 2.75) is 18.4 Å². The van der Waals surface area contributed by atoms with Gasteiger partial charge in [0, 0.05) is 19.6 Å². The lowest BCUT2D eigenvalue weighted by atomic mass is 9.79. The third-order valence-electron chi connectivity index (χ3n) is 4.50. The van der Waals surface area contributed by atoms with Gasteiger partial charge in [-0.15, -0.1) is 12.4 Å². The number of ether oxygens (including phenoxy) is 1. The molecule has 2 aromatic carbocycles. The lowest BCUT2D eigenvalue weighted by molar-refractivity contribution is -0.147. The molecule has 1 fully saturated rings. The Labute approximate surface area is 143 Å². The molecular formula is C19H22ClNO2. The molecule has 0 bridgehead atoms. The lowest BCUT2D eigenvalue weighted by Crippen LogP contribution is -2.39. The van der Waals surface area contributed by atoms with E-state index in [0.717, 1.165) is 25.1 Å². The van der Waals surface area contributed by atoms with E-state index in [-0.39, 0.29) is 18.4 Å². The molecule has 23 heavy (non-hydrogen) atoms. The molecule has 1 aliphatic heterocycles. The number of likely N-dealkylation sites (tertiary alicyclic amines) is 1. The molecule has 1 heterocycles. The summed E-state index contributed by atoms with van der Waals surface area (Å²) in [4.78, 5) is 14.8. The number of methoxy groups -OCH3 is 1. The first kappa shape index (κ1) is 17.5. The molecule has 0 N–H and O–H groups in total. The van der Waals surface area contributed by atoms with E-state index >= 15 is 0 Å². The van der Waals surface area contributed by atoms with Gasteiger partial charge < -0.3 is 4.74 Å². The number of nitrogens with zero attached hydrogens (tertiary/aromatic N) is 1. The van der Waals surface area contributed by atoms with Gasteiger partial charge in [0.05, 0.1) is 7.11 Å². The summed E-state index contributed by atoms with van der Waals surface area (Å²) in [5.41, 5.74) is 1.79. The van der Waals surface area contributed by atoms with Crippen LogP contribution in [-0.2, 0) is 21.5 Å². The Morgan fingerprint density at radius 2 is 1.70 bits per heavy atom. The normalized spacial score (nSPS) is 20.7. The van der Waals surface area contributed by atoms with Crippen LogP contribution >= 0.6 is 12.4 Å². The van der Waals surface area contributed by atoms with Crippen molar-refractivity contribution in [2.24, 2.45) is 0 Å². The van der Waals surface area contributed by atoms with E-state index < -0.39 is 5.41 Å². The van der Waals surface area contributed by atoms with Crippen molar-refractivity contribution in [3.05, 3.63) is 71.8 Å². The molecule has 0 saturated carbocycles. The number of benzene rings is 2. The van der Waals surface area contributed by atoms with E-state index in [1.165, 1.54) is 12.7 Å². The highest BCUT2D eigenvalue weighted by atomic mass is 35.5. The zero-order valence-corrected chi connectivity index (χ0v) is 14.1. The number of carbonyl (C=O) groups is 1. The lowest BCUT2D eigenvalue weighted by Gasteiger charge is -2.27. The summed E-state index contributed by atoms with van der Waals surface area (Å²) in [7, 11) is 1.48. The van der Waals surface area contributed by atoms with E-state index in [0.29, 0.717) is 6.54 Å². The number of halogens is 1. The molecule has 1 unspecified atom stereocenters. The van der Waals surface area contributed by atoms with Crippen LogP contribution < -0.4 is 0 Å². The summed E-state index contributed by atoms with van der Waals surface area (Å²) in [6.45, 7) is 2.48. The van der Waals surface area contributed by atoms with Crippen LogP contribution in [0.5, 0.6) is 0 Å². The summed E-state index contributed by atoms with van der Waals surface area (Å²) < 4.78 is 5.12. The van der Waals surface area contributed by atoms with Crippen LogP contribution in [0.2, 0.25) is 0 Å². The molecule has 3 nitrogen and oxygen atoms in total. The van der Waals surface area contributed by atoms with Crippen molar-refractivity contribution >= 4 is 18.4 Å². The van der Waals surface area contributed by atoms with Gasteiger partial charge in [-0.05, 0) is 17.5 Å². The quantitative estimate of drug-likeness (QED) is 0.804. The topological polar surface area (TPSA) is 29.5 Å². The molecule has 0 aliphatic carbocycles. The van der Waals surface area contributed by atoms with E-state index in [1.807, 2.05) is 36.4 Å². The van der Waals surface area contributed by atoms with Gasteiger partial charge >= 0.3 is 5.97 Å². The summed E-state index contributed by atoms with van der Waals surface area (Å²) >= 11 is 0. The first-order chi connectivity index (χ1) is 10.7. The highest BCUT2D eigenvalue weighted by Crippen LogP contribution is 2.36. The smallest absolute Gasteiger partial charge is 0.317 e. The minimum absolute atomic E-state index is 0. The largest absolute Gasteiger partial charge is 0.468 e. The van der Waals surface area contributed by atoms with Crippen LogP contribution in [0.3, 0.4) is 0 Å². The third kappa shape index (κ3) is 3.57. The summed E-state index contributed by atoms with van der Waals surface area (Å²) in [5, 5.41) is 0. The van der Waals surface area contributed by atoms with E-state index in [2.05, 4.69) is 29.2 Å². The van der Waals surface area contributed by atoms with Crippen molar-refractivity contribution < 1.29 is 9.53 Å². The first-order valence-corrected chi connectivity index (χ1v) is 7.65. The molecule has 4 heteroatoms. The Morgan fingerprint density at radius 3 is 2.30 bits per heavy atom. The molecular weight excluding hydrogens is 310 g/mol. The van der Waals surface area contributed by atoms with Gasteiger partial charge in [0.15, 0.2) is 0 Å². The number of hydrogen-bond acceptors (Lipinski definition) is 3. The molecule has 1 aliphatic rings. The van der Waals surface area contributed by atoms with Crippen molar-refractivity contribution in [3.63, 3.8) is 0 Å². The minimum Gasteiger partial charge on any atom is -0.468 e. The van der Waals surface area contributed by atoms with Crippen LogP contribution in [0.1, 0.15) is 17.5 Å². The average Bonchev–Trinajstić information content (AvgIpc) is 3.01. The second-order valence-electron chi connectivity index (χ2n) is 5.89. The Balaban J connectivity index is 0.00000192. The maximum Gasteiger partial charge on any atom is 0.317 e. The Hall–Kier alpha value is -1.84. The van der Waals surface area contributed by atoms with Crippen molar-refractivity contribution in [3.8, 4) is 0 Å². The Kier molecular flexibility index (Phi) is 5.80. The van der Waals surface area contributed by atoms with Crippen LogP contribution in [0, 0.1) is 0 Å². The van der Waals surface area contributed by atoms with Gasteiger partial charge in [-0.3, -0.25) is 9.69 Å². The monoisotopic (exact) mass is 331 g/mol. The van der Waals surface area contributed by atoms with Gasteiger partial charge in [-0.1, -0.05) is 60.7 Å². The first-order valence-electron chi connectivity index (χ1n) is 7.65. The van der Waals surface area contributed by atoms with E-state index in [9.17, 15) is 4.79 Å². The molecule has 122 valence electrons. The fourth-order valence-electron chi connectivity index (χ4n) is 3.34. The summed E-state index contributed by atoms with van der Waals surface area (Å²) in [6, 6.07) is 20.4. The van der Waals surface area contributed by atoms with Gasteiger partial charge in [-0.25, -0.2) is 0 Å². The van der Waals surface area contributed by atoms with Crippen molar-refractivity contribution in [2.75, 3.05) is 20.2 Å². The molecule has 0 spiro atoms. The zero-order chi connectivity index (χ0) is 15.4. The second-order valence-corrected chi connectivity index (χ2v) is 5.89. The number of hydrogen-bond donors (Lipinski definition) is 0. The molecule has 1 atom stereocenters. The van der Waals surface area contributed by atoms with Gasteiger partial charge in [-0.2, -0.15) is 0 Å². The number of esters is 1. The van der Waals surface area contributed by atoms with Gasteiger partial charge in [0.2, 0.25) is 0 Å². The highest BCUT2D eigenvalue weighted by Gasteiger charge is 2.46. The van der Waals surface area contributed by atoms with Crippen LogP contribution in [-0.4, -0.2) is 31.1 Å². The molecule has 0 aromatic heterocycles. The summed E-state index contributed by atoms with van der Waals surface area (Å²) in [6.07, 6.45) is 0.802. The SMILES string of the molecule is COC(=O)C1(c2ccccc2)CCN(Cc2ccccc2)C1.Cl. The fraction of sp³-hybridized carbons (Fsp3) is 0.316.